The molecule has 1 nitrogen and oxygen atoms in total. The lowest BCUT2D eigenvalue weighted by Gasteiger charge is -2.22. The average Bonchev–Trinajstić information content (AvgIpc) is 3.69. The van der Waals surface area contributed by atoms with Crippen LogP contribution >= 0.6 is 11.3 Å². The van der Waals surface area contributed by atoms with E-state index in [4.69, 9.17) is 0 Å². The van der Waals surface area contributed by atoms with Gasteiger partial charge in [0.15, 0.2) is 0 Å². The molecule has 8 aromatic rings. The lowest BCUT2D eigenvalue weighted by atomic mass is 9.82. The molecule has 0 radical (unpaired) electrons. The summed E-state index contributed by atoms with van der Waals surface area (Å²) in [6.45, 7) is 9.16. The molecule has 9 rings (SSSR count). The number of aryl methyl sites for hydroxylation is 1. The standard InChI is InChI=1S/C45H35NS/c1-5-12-42-28(2)34-23-24-38-43(44(34)47-42)37-22-19-33(27-39(37)45(38,3)4)46-40-25-31(29-13-8-6-9-14-29)17-20-35(40)36-21-18-32(26-41(36)46)30-15-10-7-11-16-30/h5-27H,1-4H3/b12-5-. The first-order chi connectivity index (χ1) is 22.9. The summed E-state index contributed by atoms with van der Waals surface area (Å²) < 4.78 is 3.90. The normalized spacial score (nSPS) is 13.6. The van der Waals surface area contributed by atoms with Crippen LogP contribution in [0.5, 0.6) is 0 Å². The first-order valence-corrected chi connectivity index (χ1v) is 17.3. The monoisotopic (exact) mass is 621 g/mol. The third-order valence-electron chi connectivity index (χ3n) is 10.3. The maximum absolute atomic E-state index is 2.50. The number of thiophene rings is 1. The van der Waals surface area contributed by atoms with E-state index in [2.05, 4.69) is 172 Å². The number of fused-ring (bicyclic) bond motifs is 8. The Hall–Kier alpha value is -5.18. The van der Waals surface area contributed by atoms with Crippen LogP contribution in [0.1, 0.15) is 42.3 Å². The van der Waals surface area contributed by atoms with E-state index in [1.165, 1.54) is 92.5 Å². The van der Waals surface area contributed by atoms with Crippen LogP contribution in [0.3, 0.4) is 0 Å². The molecular formula is C45H35NS. The van der Waals surface area contributed by atoms with E-state index >= 15 is 0 Å². The zero-order chi connectivity index (χ0) is 31.9. The van der Waals surface area contributed by atoms with Crippen LogP contribution in [-0.2, 0) is 5.41 Å². The van der Waals surface area contributed by atoms with Crippen LogP contribution in [0.15, 0.2) is 133 Å². The third kappa shape index (κ3) is 4.15. The van der Waals surface area contributed by atoms with Crippen molar-refractivity contribution >= 4 is 49.3 Å². The molecule has 0 fully saturated rings. The summed E-state index contributed by atoms with van der Waals surface area (Å²) in [6.07, 6.45) is 4.41. The summed E-state index contributed by atoms with van der Waals surface area (Å²) in [5.41, 5.74) is 15.4. The summed E-state index contributed by atoms with van der Waals surface area (Å²) in [6, 6.07) is 47.3. The molecule has 2 aromatic heterocycles. The molecule has 226 valence electrons. The van der Waals surface area contributed by atoms with Crippen molar-refractivity contribution in [2.24, 2.45) is 0 Å². The van der Waals surface area contributed by atoms with Crippen LogP contribution in [0.25, 0.3) is 77.0 Å². The van der Waals surface area contributed by atoms with Crippen molar-refractivity contribution in [1.29, 1.82) is 0 Å². The Morgan fingerprint density at radius 1 is 0.596 bits per heavy atom. The summed E-state index contributed by atoms with van der Waals surface area (Å²) >= 11 is 1.93. The Labute approximate surface area is 280 Å². The number of nitrogens with zero attached hydrogens (tertiary/aromatic N) is 1. The van der Waals surface area contributed by atoms with Gasteiger partial charge in [-0.3, -0.25) is 0 Å². The van der Waals surface area contributed by atoms with Crippen molar-refractivity contribution in [2.45, 2.75) is 33.1 Å². The Morgan fingerprint density at radius 3 is 1.79 bits per heavy atom. The Balaban J connectivity index is 1.31. The van der Waals surface area contributed by atoms with Crippen LogP contribution < -0.4 is 0 Å². The second-order valence-corrected chi connectivity index (χ2v) is 14.4. The number of hydrogen-bond donors (Lipinski definition) is 0. The van der Waals surface area contributed by atoms with E-state index in [0.717, 1.165) is 0 Å². The first kappa shape index (κ1) is 28.1. The first-order valence-electron chi connectivity index (χ1n) is 16.5. The fourth-order valence-corrected chi connectivity index (χ4v) is 9.21. The molecule has 6 aromatic carbocycles. The lowest BCUT2D eigenvalue weighted by molar-refractivity contribution is 0.660. The fraction of sp³-hybridized carbons (Fsp3) is 0.111. The lowest BCUT2D eigenvalue weighted by Crippen LogP contribution is -2.15. The Morgan fingerprint density at radius 2 is 1.19 bits per heavy atom. The van der Waals surface area contributed by atoms with E-state index in [-0.39, 0.29) is 5.41 Å². The van der Waals surface area contributed by atoms with Crippen LogP contribution in [-0.4, -0.2) is 4.57 Å². The van der Waals surface area contributed by atoms with Crippen LogP contribution in [0.2, 0.25) is 0 Å². The number of rotatable bonds is 4. The van der Waals surface area contributed by atoms with Gasteiger partial charge in [-0.15, -0.1) is 11.3 Å². The minimum absolute atomic E-state index is 0.114. The third-order valence-corrected chi connectivity index (χ3v) is 11.6. The quantitative estimate of drug-likeness (QED) is 0.184. The zero-order valence-electron chi connectivity index (χ0n) is 27.1. The smallest absolute Gasteiger partial charge is 0.0547 e. The van der Waals surface area contributed by atoms with E-state index in [1.807, 2.05) is 11.3 Å². The van der Waals surface area contributed by atoms with Gasteiger partial charge < -0.3 is 4.57 Å². The van der Waals surface area contributed by atoms with Gasteiger partial charge in [0, 0.05) is 37.0 Å². The van der Waals surface area contributed by atoms with E-state index < -0.39 is 0 Å². The summed E-state index contributed by atoms with van der Waals surface area (Å²) in [7, 11) is 0. The molecule has 0 bridgehead atoms. The maximum Gasteiger partial charge on any atom is 0.0547 e. The molecule has 47 heavy (non-hydrogen) atoms. The summed E-state index contributed by atoms with van der Waals surface area (Å²) in [5.74, 6) is 0. The molecule has 0 atom stereocenters. The van der Waals surface area contributed by atoms with Crippen LogP contribution in [0.4, 0.5) is 0 Å². The topological polar surface area (TPSA) is 4.93 Å². The second kappa shape index (κ2) is 10.4. The minimum Gasteiger partial charge on any atom is -0.309 e. The Bertz CT molecular complexity index is 2440. The van der Waals surface area contributed by atoms with Gasteiger partial charge in [-0.2, -0.15) is 0 Å². The number of hydrogen-bond acceptors (Lipinski definition) is 1. The van der Waals surface area contributed by atoms with Gasteiger partial charge in [0.2, 0.25) is 0 Å². The van der Waals surface area contributed by atoms with E-state index in [1.54, 1.807) is 0 Å². The van der Waals surface area contributed by atoms with Gasteiger partial charge in [0.05, 0.1) is 11.0 Å². The molecule has 2 heterocycles. The van der Waals surface area contributed by atoms with Crippen LogP contribution in [0, 0.1) is 6.92 Å². The van der Waals surface area contributed by atoms with Gasteiger partial charge in [-0.25, -0.2) is 0 Å². The van der Waals surface area contributed by atoms with Crippen molar-refractivity contribution < 1.29 is 0 Å². The predicted molar refractivity (Wildman–Crippen MR) is 204 cm³/mol. The van der Waals surface area contributed by atoms with Gasteiger partial charge in [-0.05, 0) is 94.1 Å². The predicted octanol–water partition coefficient (Wildman–Crippen LogP) is 13.0. The number of allylic oxidation sites excluding steroid dienone is 1. The van der Waals surface area contributed by atoms with E-state index in [9.17, 15) is 0 Å². The molecular weight excluding hydrogens is 587 g/mol. The van der Waals surface area contributed by atoms with E-state index in [0.29, 0.717) is 0 Å². The Kier molecular flexibility index (Phi) is 6.22. The highest BCUT2D eigenvalue weighted by atomic mass is 32.1. The molecule has 0 saturated carbocycles. The van der Waals surface area contributed by atoms with Crippen molar-refractivity contribution in [2.75, 3.05) is 0 Å². The SMILES string of the molecule is C/C=C\c1sc2c3c(ccc2c1C)C(C)(C)c1cc(-n2c4cc(-c5ccccc5)ccc4c4ccc(-c5ccccc5)cc42)ccc1-3. The highest BCUT2D eigenvalue weighted by Crippen LogP contribution is 2.54. The van der Waals surface area contributed by atoms with Gasteiger partial charge in [0.25, 0.3) is 0 Å². The van der Waals surface area contributed by atoms with Crippen molar-refractivity contribution in [3.05, 3.63) is 155 Å². The second-order valence-electron chi connectivity index (χ2n) is 13.3. The van der Waals surface area contributed by atoms with Crippen molar-refractivity contribution in [1.82, 2.24) is 4.57 Å². The molecule has 0 amide bonds. The summed E-state index contributed by atoms with van der Waals surface area (Å²) in [4.78, 5) is 1.35. The number of aromatic nitrogens is 1. The highest BCUT2D eigenvalue weighted by molar-refractivity contribution is 7.20. The van der Waals surface area contributed by atoms with Gasteiger partial charge in [0.1, 0.15) is 0 Å². The summed E-state index contributed by atoms with van der Waals surface area (Å²) in [5, 5.41) is 3.92. The molecule has 0 spiro atoms. The largest absolute Gasteiger partial charge is 0.309 e. The molecule has 0 N–H and O–H groups in total. The minimum atomic E-state index is -0.114. The molecule has 2 heteroatoms. The molecule has 0 aliphatic heterocycles. The zero-order valence-corrected chi connectivity index (χ0v) is 28.0. The van der Waals surface area contributed by atoms with Gasteiger partial charge in [-0.1, -0.05) is 123 Å². The van der Waals surface area contributed by atoms with Gasteiger partial charge >= 0.3 is 0 Å². The average molecular weight is 622 g/mol. The molecule has 0 saturated heterocycles. The maximum atomic E-state index is 2.50. The molecule has 1 aliphatic rings. The van der Waals surface area contributed by atoms with Crippen molar-refractivity contribution in [3.63, 3.8) is 0 Å². The van der Waals surface area contributed by atoms with Crippen molar-refractivity contribution in [3.8, 4) is 39.1 Å². The molecule has 0 unspecified atom stereocenters. The fourth-order valence-electron chi connectivity index (χ4n) is 7.87. The highest BCUT2D eigenvalue weighted by Gasteiger charge is 2.37. The number of benzene rings is 6. The molecule has 1 aliphatic carbocycles.